The Bertz CT molecular complexity index is 1420. The molecular weight excluding hydrogens is 465 g/mol. The van der Waals surface area contributed by atoms with E-state index in [1.54, 1.807) is 19.2 Å². The van der Waals surface area contributed by atoms with Crippen molar-refractivity contribution in [2.45, 2.75) is 13.3 Å². The second-order valence-corrected chi connectivity index (χ2v) is 7.50. The summed E-state index contributed by atoms with van der Waals surface area (Å²) in [6.07, 6.45) is 4.16. The van der Waals surface area contributed by atoms with E-state index >= 15 is 0 Å². The highest BCUT2D eigenvalue weighted by Gasteiger charge is 2.17. The molecule has 0 atom stereocenters. The van der Waals surface area contributed by atoms with Gasteiger partial charge in [0.2, 0.25) is 0 Å². The monoisotopic (exact) mass is 482 g/mol. The van der Waals surface area contributed by atoms with E-state index in [0.29, 0.717) is 39.5 Å². The van der Waals surface area contributed by atoms with Crippen LogP contribution in [0, 0.1) is 17.4 Å². The summed E-state index contributed by atoms with van der Waals surface area (Å²) in [6.45, 7) is 1.78. The minimum atomic E-state index is -2.73. The van der Waals surface area contributed by atoms with Gasteiger partial charge in [-0.3, -0.25) is 15.0 Å². The van der Waals surface area contributed by atoms with Crippen molar-refractivity contribution in [1.82, 2.24) is 24.9 Å². The molecule has 0 amide bonds. The van der Waals surface area contributed by atoms with Gasteiger partial charge in [0, 0.05) is 29.2 Å². The Balaban J connectivity index is 1.72. The Hall–Kier alpha value is -3.99. The van der Waals surface area contributed by atoms with Crippen molar-refractivity contribution in [1.29, 1.82) is 0 Å². The van der Waals surface area contributed by atoms with Crippen molar-refractivity contribution in [3.8, 4) is 28.3 Å². The molecule has 0 spiro atoms. The fourth-order valence-electron chi connectivity index (χ4n) is 3.14. The third-order valence-electron chi connectivity index (χ3n) is 4.79. The number of ether oxygens (including phenoxy) is 1. The van der Waals surface area contributed by atoms with Gasteiger partial charge in [0.1, 0.15) is 21.9 Å². The van der Waals surface area contributed by atoms with E-state index in [2.05, 4.69) is 29.9 Å². The molecule has 7 nitrogen and oxygen atoms in total. The zero-order valence-corrected chi connectivity index (χ0v) is 18.8. The van der Waals surface area contributed by atoms with Crippen LogP contribution in [0.15, 0.2) is 54.0 Å². The number of nitrogens with zero attached hydrogens (tertiary/aromatic N) is 5. The lowest BCUT2D eigenvalue weighted by Crippen LogP contribution is -1.99. The van der Waals surface area contributed by atoms with Crippen LogP contribution in [0.2, 0.25) is 0 Å². The number of rotatable bonds is 6. The van der Waals surface area contributed by atoms with Crippen LogP contribution in [0.25, 0.3) is 22.5 Å². The smallest absolute Gasteiger partial charge is 0.280 e. The molecule has 0 saturated heterocycles. The molecule has 4 aromatic heterocycles. The number of methoxy groups -OCH3 is 1. The highest BCUT2D eigenvalue weighted by atomic mass is 32.1. The van der Waals surface area contributed by atoms with Crippen LogP contribution in [0.3, 0.4) is 0 Å². The van der Waals surface area contributed by atoms with Crippen LogP contribution in [-0.4, -0.2) is 38.2 Å². The van der Waals surface area contributed by atoms with Crippen molar-refractivity contribution in [2.24, 2.45) is 4.99 Å². The van der Waals surface area contributed by atoms with Gasteiger partial charge in [-0.2, -0.15) is 0 Å². The summed E-state index contributed by atoms with van der Waals surface area (Å²) < 4.78 is 45.2. The summed E-state index contributed by atoms with van der Waals surface area (Å²) in [7, 11) is 1.44. The summed E-state index contributed by atoms with van der Waals surface area (Å²) >= 11 is 5.35. The minimum absolute atomic E-state index is 0.224. The topological polar surface area (TPSA) is 88.9 Å². The minimum Gasteiger partial charge on any atom is -0.494 e. The van der Waals surface area contributed by atoms with Gasteiger partial charge in [-0.1, -0.05) is 12.2 Å². The second kappa shape index (κ2) is 9.87. The molecule has 34 heavy (non-hydrogen) atoms. The number of aromatic nitrogens is 5. The third kappa shape index (κ3) is 4.99. The van der Waals surface area contributed by atoms with Crippen molar-refractivity contribution >= 4 is 24.3 Å². The average Bonchev–Trinajstić information content (AvgIpc) is 2.83. The summed E-state index contributed by atoms with van der Waals surface area (Å²) in [6, 6.07) is 5.81. The van der Waals surface area contributed by atoms with Gasteiger partial charge in [0.05, 0.1) is 37.1 Å². The lowest BCUT2D eigenvalue weighted by molar-refractivity contribution is 0.146. The largest absolute Gasteiger partial charge is 0.494 e. The van der Waals surface area contributed by atoms with Crippen molar-refractivity contribution in [2.75, 3.05) is 7.11 Å². The number of hydrogen-bond donors (Lipinski definition) is 1. The Morgan fingerprint density at radius 3 is 2.53 bits per heavy atom. The number of aromatic amines is 1. The van der Waals surface area contributed by atoms with Gasteiger partial charge >= 0.3 is 0 Å². The number of aryl methyl sites for hydroxylation is 1. The van der Waals surface area contributed by atoms with Gasteiger partial charge in [-0.15, -0.1) is 0 Å². The predicted octanol–water partition coefficient (Wildman–Crippen LogP) is 5.80. The van der Waals surface area contributed by atoms with Crippen molar-refractivity contribution < 1.29 is 17.9 Å². The first kappa shape index (κ1) is 23.2. The fraction of sp³-hybridized carbons (Fsp3) is 0.130. The van der Waals surface area contributed by atoms with Gasteiger partial charge < -0.3 is 9.72 Å². The molecule has 0 aromatic carbocycles. The Morgan fingerprint density at radius 1 is 1.03 bits per heavy atom. The molecule has 0 bridgehead atoms. The molecule has 0 saturated carbocycles. The standard InChI is InChI=1S/C23H17F3N6OS/c1-12-5-15(16-6-18(21(25)26)29-11-20(16)33-2)13(7-27-12)8-30-22-23(34)32-19(10-31-22)17-4-3-14(24)9-28-17/h3-11,21H,1-2H3,(H,32,34). The summed E-state index contributed by atoms with van der Waals surface area (Å²) in [5.41, 5.74) is 2.83. The van der Waals surface area contributed by atoms with Crippen LogP contribution >= 0.6 is 12.2 Å². The molecule has 4 aromatic rings. The first-order valence-electron chi connectivity index (χ1n) is 9.90. The first-order chi connectivity index (χ1) is 16.4. The van der Waals surface area contributed by atoms with E-state index in [1.165, 1.54) is 43.9 Å². The molecule has 0 aliphatic carbocycles. The van der Waals surface area contributed by atoms with E-state index in [-0.39, 0.29) is 16.2 Å². The van der Waals surface area contributed by atoms with Crippen LogP contribution in [-0.2, 0) is 0 Å². The molecule has 0 radical (unpaired) electrons. The van der Waals surface area contributed by atoms with E-state index in [1.807, 2.05) is 0 Å². The van der Waals surface area contributed by atoms with E-state index in [9.17, 15) is 13.2 Å². The van der Waals surface area contributed by atoms with E-state index in [4.69, 9.17) is 17.0 Å². The number of halogens is 3. The second-order valence-electron chi connectivity index (χ2n) is 7.09. The van der Waals surface area contributed by atoms with Gasteiger partial charge in [-0.25, -0.2) is 23.1 Å². The number of H-pyrrole nitrogens is 1. The van der Waals surface area contributed by atoms with Gasteiger partial charge in [-0.05, 0) is 36.8 Å². The molecule has 11 heteroatoms. The Kier molecular flexibility index (Phi) is 6.73. The number of alkyl halides is 2. The quantitative estimate of drug-likeness (QED) is 0.276. The number of pyridine rings is 3. The van der Waals surface area contributed by atoms with Gasteiger partial charge in [0.25, 0.3) is 6.43 Å². The van der Waals surface area contributed by atoms with Crippen molar-refractivity contribution in [3.63, 3.8) is 0 Å². The van der Waals surface area contributed by atoms with Gasteiger partial charge in [0.15, 0.2) is 5.82 Å². The molecule has 0 aliphatic rings. The predicted molar refractivity (Wildman–Crippen MR) is 124 cm³/mol. The maximum atomic E-state index is 13.3. The van der Waals surface area contributed by atoms with Crippen LogP contribution in [0.5, 0.6) is 5.75 Å². The SMILES string of the molecule is COc1cnc(C(F)F)cc1-c1cc(C)ncc1C=Nc1ncc(-c2ccc(F)cn2)[nH]c1=S. The molecule has 4 rings (SSSR count). The highest BCUT2D eigenvalue weighted by molar-refractivity contribution is 7.71. The number of nitrogens with one attached hydrogen (secondary N) is 1. The molecular formula is C23H17F3N6OS. The van der Waals surface area contributed by atoms with Crippen LogP contribution in [0.4, 0.5) is 19.0 Å². The zero-order chi connectivity index (χ0) is 24.2. The van der Waals surface area contributed by atoms with Crippen LogP contribution in [0.1, 0.15) is 23.4 Å². The normalized spacial score (nSPS) is 11.4. The Morgan fingerprint density at radius 2 is 1.85 bits per heavy atom. The van der Waals surface area contributed by atoms with Crippen molar-refractivity contribution in [3.05, 3.63) is 76.5 Å². The molecule has 1 N–H and O–H groups in total. The fourth-order valence-corrected chi connectivity index (χ4v) is 3.36. The number of hydrogen-bond acceptors (Lipinski definition) is 7. The average molecular weight is 482 g/mol. The number of aliphatic imine (C=N–C) groups is 1. The van der Waals surface area contributed by atoms with E-state index < -0.39 is 12.2 Å². The molecule has 0 aliphatic heterocycles. The molecule has 0 fully saturated rings. The Labute approximate surface area is 197 Å². The molecule has 172 valence electrons. The summed E-state index contributed by atoms with van der Waals surface area (Å²) in [4.78, 5) is 23.6. The third-order valence-corrected chi connectivity index (χ3v) is 5.07. The summed E-state index contributed by atoms with van der Waals surface area (Å²) in [5.74, 6) is 0.101. The van der Waals surface area contributed by atoms with Crippen LogP contribution < -0.4 is 4.74 Å². The maximum Gasteiger partial charge on any atom is 0.280 e. The van der Waals surface area contributed by atoms with E-state index in [0.717, 1.165) is 6.20 Å². The molecule has 4 heterocycles. The first-order valence-corrected chi connectivity index (χ1v) is 10.3. The lowest BCUT2D eigenvalue weighted by atomic mass is 10.0. The molecule has 0 unspecified atom stereocenters. The summed E-state index contributed by atoms with van der Waals surface area (Å²) in [5, 5.41) is 0. The maximum absolute atomic E-state index is 13.3. The lowest BCUT2D eigenvalue weighted by Gasteiger charge is -2.13. The zero-order valence-electron chi connectivity index (χ0n) is 18.0. The highest BCUT2D eigenvalue weighted by Crippen LogP contribution is 2.34.